The number of rotatable bonds is 4. The fraction of sp³-hybridized carbons (Fsp3) is 0.667. The molecule has 19 heavy (non-hydrogen) atoms. The van der Waals surface area contributed by atoms with E-state index in [1.807, 2.05) is 0 Å². The minimum Gasteiger partial charge on any atom is -0.354 e. The number of hydrogen-bond acceptors (Lipinski definition) is 4. The van der Waals surface area contributed by atoms with Gasteiger partial charge in [0, 0.05) is 12.7 Å². The van der Waals surface area contributed by atoms with Gasteiger partial charge in [0.15, 0.2) is 0 Å². The Labute approximate surface area is 109 Å². The molecule has 4 nitrogen and oxygen atoms in total. The highest BCUT2D eigenvalue weighted by Gasteiger charge is 2.32. The van der Waals surface area contributed by atoms with E-state index in [0.29, 0.717) is 12.5 Å². The monoisotopic (exact) mass is 274 g/mol. The lowest BCUT2D eigenvalue weighted by atomic mass is 9.96. The largest absolute Gasteiger partial charge is 0.433 e. The van der Waals surface area contributed by atoms with E-state index in [9.17, 15) is 13.2 Å². The summed E-state index contributed by atoms with van der Waals surface area (Å²) in [7, 11) is 0. The maximum Gasteiger partial charge on any atom is 0.433 e. The summed E-state index contributed by atoms with van der Waals surface area (Å²) in [6, 6.07) is 0.871. The molecule has 0 aliphatic carbocycles. The highest BCUT2D eigenvalue weighted by atomic mass is 19.4. The van der Waals surface area contributed by atoms with Crippen LogP contribution >= 0.6 is 0 Å². The molecule has 106 valence electrons. The average Bonchev–Trinajstić information content (AvgIpc) is 2.39. The van der Waals surface area contributed by atoms with Gasteiger partial charge in [0.2, 0.25) is 5.95 Å². The Kier molecular flexibility index (Phi) is 4.57. The fourth-order valence-electron chi connectivity index (χ4n) is 2.16. The lowest BCUT2D eigenvalue weighted by molar-refractivity contribution is -0.141. The van der Waals surface area contributed by atoms with Crippen molar-refractivity contribution in [2.75, 3.05) is 25.0 Å². The summed E-state index contributed by atoms with van der Waals surface area (Å²) in [6.45, 7) is 2.62. The summed E-state index contributed by atoms with van der Waals surface area (Å²) in [4.78, 5) is 7.26. The van der Waals surface area contributed by atoms with Crippen molar-refractivity contribution in [2.24, 2.45) is 5.92 Å². The van der Waals surface area contributed by atoms with Gasteiger partial charge in [0.05, 0.1) is 0 Å². The number of aromatic nitrogens is 2. The first-order valence-corrected chi connectivity index (χ1v) is 6.40. The molecule has 1 aliphatic heterocycles. The van der Waals surface area contributed by atoms with Gasteiger partial charge in [-0.25, -0.2) is 9.97 Å². The lowest BCUT2D eigenvalue weighted by Gasteiger charge is -2.22. The number of hydrogen-bond donors (Lipinski definition) is 2. The van der Waals surface area contributed by atoms with E-state index >= 15 is 0 Å². The zero-order valence-corrected chi connectivity index (χ0v) is 10.5. The van der Waals surface area contributed by atoms with E-state index in [0.717, 1.165) is 44.6 Å². The van der Waals surface area contributed by atoms with Crippen molar-refractivity contribution in [3.63, 3.8) is 0 Å². The molecule has 1 aromatic rings. The number of alkyl halides is 3. The molecular formula is C12H17F3N4. The highest BCUT2D eigenvalue weighted by molar-refractivity contribution is 5.25. The first-order valence-electron chi connectivity index (χ1n) is 6.40. The maximum atomic E-state index is 12.5. The molecule has 1 saturated heterocycles. The van der Waals surface area contributed by atoms with Gasteiger partial charge in [-0.15, -0.1) is 0 Å². The second-order valence-electron chi connectivity index (χ2n) is 4.69. The number of nitrogens with zero attached hydrogens (tertiary/aromatic N) is 2. The first-order chi connectivity index (χ1) is 9.05. The molecule has 7 heteroatoms. The Hall–Kier alpha value is -1.37. The zero-order valence-electron chi connectivity index (χ0n) is 10.5. The van der Waals surface area contributed by atoms with E-state index in [2.05, 4.69) is 20.6 Å². The SMILES string of the molecule is FC(F)(F)c1ccnc(NCCC2CCCNC2)n1. The Morgan fingerprint density at radius 2 is 2.26 bits per heavy atom. The first kappa shape index (κ1) is 14.0. The van der Waals surface area contributed by atoms with Crippen LogP contribution in [-0.2, 0) is 6.18 Å². The molecule has 2 rings (SSSR count). The van der Waals surface area contributed by atoms with Crippen molar-refractivity contribution in [3.8, 4) is 0 Å². The molecule has 0 radical (unpaired) electrons. The van der Waals surface area contributed by atoms with Crippen LogP contribution in [0.25, 0.3) is 0 Å². The number of halogens is 3. The molecule has 1 aromatic heterocycles. The standard InChI is InChI=1S/C12H17F3N4/c13-12(14,15)10-4-7-18-11(19-10)17-6-3-9-2-1-5-16-8-9/h4,7,9,16H,1-3,5-6,8H2,(H,17,18,19). The Morgan fingerprint density at radius 3 is 2.95 bits per heavy atom. The smallest absolute Gasteiger partial charge is 0.354 e. The van der Waals surface area contributed by atoms with Crippen LogP contribution in [0, 0.1) is 5.92 Å². The van der Waals surface area contributed by atoms with Crippen molar-refractivity contribution >= 4 is 5.95 Å². The van der Waals surface area contributed by atoms with E-state index in [4.69, 9.17) is 0 Å². The number of piperidine rings is 1. The van der Waals surface area contributed by atoms with Crippen molar-refractivity contribution in [2.45, 2.75) is 25.4 Å². The van der Waals surface area contributed by atoms with Gasteiger partial charge in [-0.1, -0.05) is 0 Å². The molecule has 0 saturated carbocycles. The van der Waals surface area contributed by atoms with Crippen molar-refractivity contribution in [1.82, 2.24) is 15.3 Å². The quantitative estimate of drug-likeness (QED) is 0.884. The molecule has 0 bridgehead atoms. The van der Waals surface area contributed by atoms with Gasteiger partial charge in [0.1, 0.15) is 5.69 Å². The Bertz CT molecular complexity index is 402. The van der Waals surface area contributed by atoms with Crippen LogP contribution in [0.4, 0.5) is 19.1 Å². The Morgan fingerprint density at radius 1 is 1.42 bits per heavy atom. The van der Waals surface area contributed by atoms with E-state index in [-0.39, 0.29) is 5.95 Å². The predicted octanol–water partition coefficient (Wildman–Crippen LogP) is 2.30. The van der Waals surface area contributed by atoms with E-state index in [1.165, 1.54) is 0 Å². The molecule has 0 aromatic carbocycles. The highest BCUT2D eigenvalue weighted by Crippen LogP contribution is 2.27. The molecular weight excluding hydrogens is 257 g/mol. The van der Waals surface area contributed by atoms with Crippen molar-refractivity contribution in [1.29, 1.82) is 0 Å². The topological polar surface area (TPSA) is 49.8 Å². The fourth-order valence-corrected chi connectivity index (χ4v) is 2.16. The van der Waals surface area contributed by atoms with E-state index < -0.39 is 11.9 Å². The molecule has 0 amide bonds. The van der Waals surface area contributed by atoms with Crippen LogP contribution in [-0.4, -0.2) is 29.6 Å². The predicted molar refractivity (Wildman–Crippen MR) is 65.7 cm³/mol. The van der Waals surface area contributed by atoms with Crippen LogP contribution in [0.15, 0.2) is 12.3 Å². The average molecular weight is 274 g/mol. The van der Waals surface area contributed by atoms with Crippen molar-refractivity contribution in [3.05, 3.63) is 18.0 Å². The minimum atomic E-state index is -4.42. The van der Waals surface area contributed by atoms with Crippen molar-refractivity contribution < 1.29 is 13.2 Å². The van der Waals surface area contributed by atoms with Crippen LogP contribution in [0.2, 0.25) is 0 Å². The van der Waals surface area contributed by atoms with Crippen LogP contribution in [0.5, 0.6) is 0 Å². The zero-order chi connectivity index (χ0) is 13.7. The van der Waals surface area contributed by atoms with Gasteiger partial charge >= 0.3 is 6.18 Å². The maximum absolute atomic E-state index is 12.5. The van der Waals surface area contributed by atoms with E-state index in [1.54, 1.807) is 0 Å². The molecule has 1 unspecified atom stereocenters. The summed E-state index contributed by atoms with van der Waals surface area (Å²) in [6.07, 6.45) is -0.0670. The summed E-state index contributed by atoms with van der Waals surface area (Å²) < 4.78 is 37.4. The third-order valence-corrected chi connectivity index (χ3v) is 3.18. The molecule has 1 fully saturated rings. The van der Waals surface area contributed by atoms with Crippen LogP contribution in [0.1, 0.15) is 25.0 Å². The number of anilines is 1. The summed E-state index contributed by atoms with van der Waals surface area (Å²) in [5.41, 5.74) is -0.913. The molecule has 1 atom stereocenters. The summed E-state index contributed by atoms with van der Waals surface area (Å²) in [5, 5.41) is 6.16. The molecule has 2 heterocycles. The third-order valence-electron chi connectivity index (χ3n) is 3.18. The van der Waals surface area contributed by atoms with Gasteiger partial charge in [-0.2, -0.15) is 13.2 Å². The molecule has 2 N–H and O–H groups in total. The second kappa shape index (κ2) is 6.18. The number of nitrogens with one attached hydrogen (secondary N) is 2. The summed E-state index contributed by atoms with van der Waals surface area (Å²) >= 11 is 0. The summed E-state index contributed by atoms with van der Waals surface area (Å²) in [5.74, 6) is 0.616. The molecule has 1 aliphatic rings. The second-order valence-corrected chi connectivity index (χ2v) is 4.69. The normalized spacial score (nSPS) is 20.3. The molecule has 0 spiro atoms. The Balaban J connectivity index is 1.82. The van der Waals surface area contributed by atoms with Crippen LogP contribution in [0.3, 0.4) is 0 Å². The third kappa shape index (κ3) is 4.34. The van der Waals surface area contributed by atoms with Crippen LogP contribution < -0.4 is 10.6 Å². The minimum absolute atomic E-state index is 0.0404. The van der Waals surface area contributed by atoms with Gasteiger partial charge in [-0.3, -0.25) is 0 Å². The van der Waals surface area contributed by atoms with Gasteiger partial charge in [0.25, 0.3) is 0 Å². The van der Waals surface area contributed by atoms with Gasteiger partial charge in [-0.05, 0) is 44.3 Å². The lowest BCUT2D eigenvalue weighted by Crippen LogP contribution is -2.30. The van der Waals surface area contributed by atoms with Gasteiger partial charge < -0.3 is 10.6 Å².